The Morgan fingerprint density at radius 2 is 2.13 bits per heavy atom. The van der Waals surface area contributed by atoms with Crippen molar-refractivity contribution in [3.8, 4) is 17.1 Å². The molecule has 0 saturated heterocycles. The number of rotatable bonds is 3. The molecule has 3 aromatic rings. The smallest absolute Gasteiger partial charge is 0.261 e. The van der Waals surface area contributed by atoms with Crippen molar-refractivity contribution in [1.82, 2.24) is 19.9 Å². The lowest BCUT2D eigenvalue weighted by atomic mass is 9.77. The molecule has 23 heavy (non-hydrogen) atoms. The molecular formula is C15H15Cl2N5O. The fourth-order valence-electron chi connectivity index (χ4n) is 2.52. The molecule has 0 atom stereocenters. The summed E-state index contributed by atoms with van der Waals surface area (Å²) in [7, 11) is 0. The first-order valence-electron chi connectivity index (χ1n) is 7.08. The van der Waals surface area contributed by atoms with Gasteiger partial charge in [-0.25, -0.2) is 4.68 Å². The number of aromatic nitrogens is 4. The minimum Gasteiger partial charge on any atom is -0.334 e. The Hall–Kier alpha value is -1.89. The van der Waals surface area contributed by atoms with Crippen molar-refractivity contribution < 1.29 is 4.52 Å². The normalized spacial score (nSPS) is 15.7. The van der Waals surface area contributed by atoms with E-state index < -0.39 is 5.54 Å². The first-order chi connectivity index (χ1) is 10.6. The number of benzene rings is 1. The zero-order valence-corrected chi connectivity index (χ0v) is 13.7. The van der Waals surface area contributed by atoms with Gasteiger partial charge in [-0.15, -0.1) is 12.4 Å². The van der Waals surface area contributed by atoms with E-state index in [0.29, 0.717) is 16.7 Å². The first kappa shape index (κ1) is 16.0. The lowest BCUT2D eigenvalue weighted by Crippen LogP contribution is -2.44. The van der Waals surface area contributed by atoms with Crippen LogP contribution in [-0.4, -0.2) is 19.9 Å². The third-order valence-corrected chi connectivity index (χ3v) is 4.25. The number of hydrogen-bond donors (Lipinski definition) is 1. The summed E-state index contributed by atoms with van der Waals surface area (Å²) < 4.78 is 7.04. The van der Waals surface area contributed by atoms with Crippen molar-refractivity contribution in [2.45, 2.75) is 24.8 Å². The molecule has 2 aromatic heterocycles. The molecule has 6 nitrogen and oxygen atoms in total. The molecule has 1 saturated carbocycles. The fraction of sp³-hybridized carbons (Fsp3) is 0.267. The van der Waals surface area contributed by atoms with Crippen LogP contribution in [0.3, 0.4) is 0 Å². The maximum atomic E-state index is 6.21. The predicted molar refractivity (Wildman–Crippen MR) is 88.8 cm³/mol. The van der Waals surface area contributed by atoms with E-state index in [1.54, 1.807) is 10.9 Å². The molecule has 1 aromatic carbocycles. The summed E-state index contributed by atoms with van der Waals surface area (Å²) in [5, 5.41) is 8.98. The highest BCUT2D eigenvalue weighted by Crippen LogP contribution is 2.37. The molecular weight excluding hydrogens is 337 g/mol. The molecule has 4 rings (SSSR count). The van der Waals surface area contributed by atoms with Gasteiger partial charge in [0.2, 0.25) is 0 Å². The third-order valence-electron chi connectivity index (χ3n) is 4.02. The molecule has 0 unspecified atom stereocenters. The van der Waals surface area contributed by atoms with Gasteiger partial charge in [-0.1, -0.05) is 22.8 Å². The van der Waals surface area contributed by atoms with Crippen LogP contribution in [0, 0.1) is 0 Å². The van der Waals surface area contributed by atoms with Gasteiger partial charge in [-0.3, -0.25) is 0 Å². The molecule has 0 bridgehead atoms. The van der Waals surface area contributed by atoms with Gasteiger partial charge in [0.05, 0.1) is 23.0 Å². The van der Waals surface area contributed by atoms with Crippen LogP contribution in [-0.2, 0) is 5.54 Å². The Morgan fingerprint density at radius 1 is 1.30 bits per heavy atom. The minimum atomic E-state index is -0.426. The van der Waals surface area contributed by atoms with Gasteiger partial charge in [0.25, 0.3) is 5.89 Å². The first-order valence-corrected chi connectivity index (χ1v) is 7.46. The van der Waals surface area contributed by atoms with Crippen LogP contribution in [0.25, 0.3) is 17.1 Å². The van der Waals surface area contributed by atoms with E-state index in [2.05, 4.69) is 15.2 Å². The average Bonchev–Trinajstić information content (AvgIpc) is 3.14. The zero-order valence-electron chi connectivity index (χ0n) is 12.1. The number of hydrogen-bond acceptors (Lipinski definition) is 5. The van der Waals surface area contributed by atoms with E-state index in [1.165, 1.54) is 0 Å². The van der Waals surface area contributed by atoms with Gasteiger partial charge in [0.1, 0.15) is 0 Å². The zero-order chi connectivity index (χ0) is 15.2. The van der Waals surface area contributed by atoms with Crippen molar-refractivity contribution in [2.24, 2.45) is 5.73 Å². The van der Waals surface area contributed by atoms with E-state index in [9.17, 15) is 0 Å². The van der Waals surface area contributed by atoms with Crippen LogP contribution < -0.4 is 5.73 Å². The van der Waals surface area contributed by atoms with Crippen LogP contribution in [0.1, 0.15) is 25.1 Å². The van der Waals surface area contributed by atoms with Crippen LogP contribution in [0.5, 0.6) is 0 Å². The monoisotopic (exact) mass is 351 g/mol. The molecule has 1 aliphatic carbocycles. The lowest BCUT2D eigenvalue weighted by molar-refractivity contribution is 0.229. The van der Waals surface area contributed by atoms with Crippen molar-refractivity contribution in [3.05, 3.63) is 47.5 Å². The van der Waals surface area contributed by atoms with Crippen molar-refractivity contribution in [2.75, 3.05) is 0 Å². The van der Waals surface area contributed by atoms with E-state index >= 15 is 0 Å². The Morgan fingerprint density at radius 3 is 2.83 bits per heavy atom. The third kappa shape index (κ3) is 2.85. The van der Waals surface area contributed by atoms with Crippen LogP contribution in [0.2, 0.25) is 5.02 Å². The van der Waals surface area contributed by atoms with Crippen LogP contribution >= 0.6 is 24.0 Å². The average molecular weight is 352 g/mol. The fourth-order valence-corrected chi connectivity index (χ4v) is 2.70. The Labute approximate surface area is 144 Å². The van der Waals surface area contributed by atoms with Crippen molar-refractivity contribution in [1.29, 1.82) is 0 Å². The Kier molecular flexibility index (Phi) is 4.14. The summed E-state index contributed by atoms with van der Waals surface area (Å²) in [4.78, 5) is 4.42. The molecule has 0 spiro atoms. The maximum Gasteiger partial charge on any atom is 0.261 e. The predicted octanol–water partition coefficient (Wildman–Crippen LogP) is 3.34. The van der Waals surface area contributed by atoms with E-state index in [0.717, 1.165) is 30.5 Å². The second-order valence-electron chi connectivity index (χ2n) is 5.59. The highest BCUT2D eigenvalue weighted by Gasteiger charge is 2.39. The van der Waals surface area contributed by atoms with E-state index in [1.807, 2.05) is 30.5 Å². The van der Waals surface area contributed by atoms with Crippen molar-refractivity contribution in [3.63, 3.8) is 0 Å². The summed E-state index contributed by atoms with van der Waals surface area (Å²) in [5.74, 6) is 1.00. The number of nitrogens with zero attached hydrogens (tertiary/aromatic N) is 4. The van der Waals surface area contributed by atoms with Crippen LogP contribution in [0.4, 0.5) is 0 Å². The standard InChI is InChI=1S/C15H14ClN5O.ClH/c16-11-3-1-4-12(7-11)21-9-10(8-18-21)13-19-14(20-22-13)15(17)5-2-6-15;/h1,3-4,7-9H,2,5-6,17H2;1H. The molecule has 120 valence electrons. The summed E-state index contributed by atoms with van der Waals surface area (Å²) in [6.07, 6.45) is 6.41. The Balaban J connectivity index is 0.00000156. The van der Waals surface area contributed by atoms with Crippen molar-refractivity contribution >= 4 is 24.0 Å². The number of nitrogens with two attached hydrogens (primary N) is 1. The van der Waals surface area contributed by atoms with Gasteiger partial charge in [0, 0.05) is 11.2 Å². The second-order valence-corrected chi connectivity index (χ2v) is 6.02. The second kappa shape index (κ2) is 5.96. The molecule has 0 amide bonds. The molecule has 8 heteroatoms. The highest BCUT2D eigenvalue weighted by atomic mass is 35.5. The van der Waals surface area contributed by atoms with Gasteiger partial charge < -0.3 is 10.3 Å². The van der Waals surface area contributed by atoms with Gasteiger partial charge in [-0.05, 0) is 37.5 Å². The molecule has 1 aliphatic rings. The SMILES string of the molecule is Cl.NC1(c2noc(-c3cnn(-c4cccc(Cl)c4)c3)n2)CCC1. The molecule has 0 radical (unpaired) electrons. The van der Waals surface area contributed by atoms with E-state index in [-0.39, 0.29) is 12.4 Å². The maximum absolute atomic E-state index is 6.21. The quantitative estimate of drug-likeness (QED) is 0.782. The van der Waals surface area contributed by atoms with Gasteiger partial charge in [0.15, 0.2) is 5.82 Å². The largest absolute Gasteiger partial charge is 0.334 e. The summed E-state index contributed by atoms with van der Waals surface area (Å²) in [5.41, 5.74) is 7.40. The molecule has 2 N–H and O–H groups in total. The lowest BCUT2D eigenvalue weighted by Gasteiger charge is -2.34. The van der Waals surface area contributed by atoms with E-state index in [4.69, 9.17) is 21.9 Å². The molecule has 0 aliphatic heterocycles. The van der Waals surface area contributed by atoms with Crippen LogP contribution in [0.15, 0.2) is 41.2 Å². The number of halogens is 2. The Bertz CT molecular complexity index is 825. The highest BCUT2D eigenvalue weighted by molar-refractivity contribution is 6.30. The molecule has 1 fully saturated rings. The topological polar surface area (TPSA) is 82.8 Å². The molecule has 2 heterocycles. The summed E-state index contributed by atoms with van der Waals surface area (Å²) >= 11 is 6.00. The minimum absolute atomic E-state index is 0. The van der Waals surface area contributed by atoms with Gasteiger partial charge in [-0.2, -0.15) is 10.1 Å². The summed E-state index contributed by atoms with van der Waals surface area (Å²) in [6.45, 7) is 0. The van der Waals surface area contributed by atoms with Gasteiger partial charge >= 0.3 is 0 Å². The summed E-state index contributed by atoms with van der Waals surface area (Å²) in [6, 6.07) is 7.45.